The summed E-state index contributed by atoms with van der Waals surface area (Å²) >= 11 is 0. The van der Waals surface area contributed by atoms with Gasteiger partial charge in [-0.25, -0.2) is 0 Å². The summed E-state index contributed by atoms with van der Waals surface area (Å²) in [5, 5.41) is 17.8. The molecule has 0 aliphatic carbocycles. The number of aryl methyl sites for hydroxylation is 1. The van der Waals surface area contributed by atoms with E-state index < -0.39 is 5.97 Å². The summed E-state index contributed by atoms with van der Waals surface area (Å²) in [6.07, 6.45) is 1.78. The molecular weight excluding hydrogens is 468 g/mol. The van der Waals surface area contributed by atoms with Crippen LogP contribution >= 0.6 is 0 Å². The first-order valence-corrected chi connectivity index (χ1v) is 12.0. The van der Waals surface area contributed by atoms with E-state index in [2.05, 4.69) is 22.5 Å². The third kappa shape index (κ3) is 5.65. The molecule has 0 spiro atoms. The van der Waals surface area contributed by atoms with Gasteiger partial charge in [0.25, 0.3) is 0 Å². The molecule has 0 atom stereocenters. The summed E-state index contributed by atoms with van der Waals surface area (Å²) in [6, 6.07) is 23.3. The maximum atomic E-state index is 11.3. The van der Waals surface area contributed by atoms with E-state index in [0.717, 1.165) is 44.8 Å². The number of aromatic nitrogens is 2. The lowest BCUT2D eigenvalue weighted by atomic mass is 9.99. The zero-order valence-corrected chi connectivity index (χ0v) is 20.5. The van der Waals surface area contributed by atoms with Crippen LogP contribution in [0, 0.1) is 0 Å². The highest BCUT2D eigenvalue weighted by atomic mass is 16.5. The van der Waals surface area contributed by atoms with Gasteiger partial charge in [0.15, 0.2) is 0 Å². The second-order valence-corrected chi connectivity index (χ2v) is 8.87. The first kappa shape index (κ1) is 24.1. The van der Waals surface area contributed by atoms with Crippen LogP contribution in [0.1, 0.15) is 22.5 Å². The zero-order valence-electron chi connectivity index (χ0n) is 20.5. The van der Waals surface area contributed by atoms with E-state index in [-0.39, 0.29) is 13.0 Å². The second kappa shape index (κ2) is 10.6. The maximum absolute atomic E-state index is 11.3. The van der Waals surface area contributed by atoms with Gasteiger partial charge in [0, 0.05) is 42.4 Å². The Hall–Kier alpha value is -4.56. The standard InChI is InChI=1S/C29H28N4O4/c1-33-10-9-27(32-33)31-17-24-14-23-12-20(18-36-26-8-3-2-6-22(26)15-28(34)35)13-25(29(23)37-24)21-7-4-5-19(11-21)16-30/h2-14H,15-18,30H2,1H3,(H,31,32)(H,34,35). The van der Waals surface area contributed by atoms with Gasteiger partial charge in [-0.05, 0) is 47.0 Å². The van der Waals surface area contributed by atoms with Gasteiger partial charge in [0.2, 0.25) is 0 Å². The number of fused-ring (bicyclic) bond motifs is 1. The number of hydrogen-bond acceptors (Lipinski definition) is 6. The lowest BCUT2D eigenvalue weighted by Crippen LogP contribution is -2.04. The van der Waals surface area contributed by atoms with Gasteiger partial charge in [-0.1, -0.05) is 36.4 Å². The Morgan fingerprint density at radius 3 is 2.73 bits per heavy atom. The van der Waals surface area contributed by atoms with Gasteiger partial charge < -0.3 is 25.3 Å². The smallest absolute Gasteiger partial charge is 0.307 e. The van der Waals surface area contributed by atoms with Crippen LogP contribution in [0.15, 0.2) is 83.4 Å². The van der Waals surface area contributed by atoms with E-state index in [9.17, 15) is 9.90 Å². The molecule has 4 N–H and O–H groups in total. The quantitative estimate of drug-likeness (QED) is 0.246. The summed E-state index contributed by atoms with van der Waals surface area (Å²) in [4.78, 5) is 11.3. The molecule has 0 aliphatic heterocycles. The summed E-state index contributed by atoms with van der Waals surface area (Å²) < 4.78 is 14.1. The molecule has 0 fully saturated rings. The van der Waals surface area contributed by atoms with Crippen molar-refractivity contribution in [2.75, 3.05) is 5.32 Å². The van der Waals surface area contributed by atoms with Gasteiger partial charge in [-0.2, -0.15) is 5.10 Å². The molecule has 5 rings (SSSR count). The molecule has 0 saturated carbocycles. The Balaban J connectivity index is 1.48. The van der Waals surface area contributed by atoms with Crippen molar-refractivity contribution >= 4 is 22.8 Å². The highest BCUT2D eigenvalue weighted by Crippen LogP contribution is 2.34. The zero-order chi connectivity index (χ0) is 25.8. The number of aliphatic carboxylic acids is 1. The summed E-state index contributed by atoms with van der Waals surface area (Å²) in [5.41, 5.74) is 11.2. The number of carboxylic acids is 1. The molecule has 0 aliphatic rings. The molecule has 8 heteroatoms. The molecule has 37 heavy (non-hydrogen) atoms. The minimum atomic E-state index is -0.898. The Morgan fingerprint density at radius 2 is 1.95 bits per heavy atom. The molecule has 2 heterocycles. The minimum Gasteiger partial charge on any atom is -0.489 e. The SMILES string of the molecule is Cn1ccc(NCc2cc3cc(COc4ccccc4CC(=O)O)cc(-c4cccc(CN)c4)c3o2)n1. The minimum absolute atomic E-state index is 0.0965. The molecule has 8 nitrogen and oxygen atoms in total. The number of carboxylic acid groups (broad SMARTS) is 1. The number of nitrogens with one attached hydrogen (secondary N) is 1. The number of furan rings is 1. The third-order valence-electron chi connectivity index (χ3n) is 6.07. The van der Waals surface area contributed by atoms with Crippen molar-refractivity contribution in [2.24, 2.45) is 12.8 Å². The highest BCUT2D eigenvalue weighted by Gasteiger charge is 2.15. The normalized spacial score (nSPS) is 11.1. The largest absolute Gasteiger partial charge is 0.489 e. The number of para-hydroxylation sites is 1. The number of benzene rings is 3. The summed E-state index contributed by atoms with van der Waals surface area (Å²) in [7, 11) is 1.87. The van der Waals surface area contributed by atoms with Gasteiger partial charge in [-0.3, -0.25) is 9.48 Å². The van der Waals surface area contributed by atoms with E-state index in [0.29, 0.717) is 24.4 Å². The molecule has 0 bridgehead atoms. The predicted molar refractivity (Wildman–Crippen MR) is 142 cm³/mol. The summed E-state index contributed by atoms with van der Waals surface area (Å²) in [5.74, 6) is 1.21. The van der Waals surface area contributed by atoms with E-state index in [1.54, 1.807) is 16.8 Å². The Labute approximate surface area is 214 Å². The molecule has 5 aromatic rings. The van der Waals surface area contributed by atoms with Crippen molar-refractivity contribution in [2.45, 2.75) is 26.1 Å². The van der Waals surface area contributed by atoms with Crippen molar-refractivity contribution in [3.8, 4) is 16.9 Å². The molecule has 3 aromatic carbocycles. The summed E-state index contributed by atoms with van der Waals surface area (Å²) in [6.45, 7) is 1.21. The van der Waals surface area contributed by atoms with Gasteiger partial charge in [0.1, 0.15) is 29.5 Å². The number of rotatable bonds is 10. The first-order chi connectivity index (χ1) is 18.0. The fraction of sp³-hybridized carbons (Fsp3) is 0.172. The van der Waals surface area contributed by atoms with Crippen LogP contribution in [-0.2, 0) is 38.0 Å². The third-order valence-corrected chi connectivity index (χ3v) is 6.07. The topological polar surface area (TPSA) is 116 Å². The van der Waals surface area contributed by atoms with Gasteiger partial charge in [0.05, 0.1) is 13.0 Å². The van der Waals surface area contributed by atoms with E-state index >= 15 is 0 Å². The van der Waals surface area contributed by atoms with Crippen LogP contribution in [0.5, 0.6) is 5.75 Å². The number of carbonyl (C=O) groups is 1. The number of anilines is 1. The number of nitrogens with zero attached hydrogens (tertiary/aromatic N) is 2. The van der Waals surface area contributed by atoms with Gasteiger partial charge in [-0.15, -0.1) is 0 Å². The lowest BCUT2D eigenvalue weighted by molar-refractivity contribution is -0.136. The number of ether oxygens (including phenoxy) is 1. The highest BCUT2D eigenvalue weighted by molar-refractivity contribution is 5.93. The fourth-order valence-electron chi connectivity index (χ4n) is 4.32. The predicted octanol–water partition coefficient (Wildman–Crippen LogP) is 5.11. The fourth-order valence-corrected chi connectivity index (χ4v) is 4.32. The van der Waals surface area contributed by atoms with Crippen molar-refractivity contribution in [3.05, 3.63) is 101 Å². The van der Waals surface area contributed by atoms with E-state index in [1.165, 1.54) is 0 Å². The van der Waals surface area contributed by atoms with Crippen LogP contribution in [0.4, 0.5) is 5.82 Å². The Morgan fingerprint density at radius 1 is 1.08 bits per heavy atom. The molecule has 0 saturated heterocycles. The average molecular weight is 497 g/mol. The Kier molecular flexibility index (Phi) is 6.91. The molecule has 0 radical (unpaired) electrons. The van der Waals surface area contributed by atoms with E-state index in [4.69, 9.17) is 14.9 Å². The first-order valence-electron chi connectivity index (χ1n) is 12.0. The second-order valence-electron chi connectivity index (χ2n) is 8.87. The molecule has 0 unspecified atom stereocenters. The van der Waals surface area contributed by atoms with Crippen LogP contribution in [-0.4, -0.2) is 20.9 Å². The number of nitrogens with two attached hydrogens (primary N) is 1. The number of hydrogen-bond donors (Lipinski definition) is 3. The lowest BCUT2D eigenvalue weighted by Gasteiger charge is -2.12. The molecule has 2 aromatic heterocycles. The van der Waals surface area contributed by atoms with Crippen molar-refractivity contribution in [1.29, 1.82) is 0 Å². The van der Waals surface area contributed by atoms with Crippen LogP contribution in [0.3, 0.4) is 0 Å². The molecular formula is C29H28N4O4. The van der Waals surface area contributed by atoms with Crippen LogP contribution < -0.4 is 15.8 Å². The molecule has 0 amide bonds. The Bertz CT molecular complexity index is 1550. The van der Waals surface area contributed by atoms with Crippen LogP contribution in [0.2, 0.25) is 0 Å². The van der Waals surface area contributed by atoms with Crippen LogP contribution in [0.25, 0.3) is 22.1 Å². The van der Waals surface area contributed by atoms with Crippen molar-refractivity contribution in [1.82, 2.24) is 9.78 Å². The maximum Gasteiger partial charge on any atom is 0.307 e. The van der Waals surface area contributed by atoms with Crippen molar-refractivity contribution < 1.29 is 19.1 Å². The van der Waals surface area contributed by atoms with Crippen molar-refractivity contribution in [3.63, 3.8) is 0 Å². The molecule has 188 valence electrons. The monoisotopic (exact) mass is 496 g/mol. The van der Waals surface area contributed by atoms with E-state index in [1.807, 2.05) is 61.8 Å². The van der Waals surface area contributed by atoms with Gasteiger partial charge >= 0.3 is 5.97 Å². The average Bonchev–Trinajstić information content (AvgIpc) is 3.51.